The van der Waals surface area contributed by atoms with Crippen LogP contribution in [-0.2, 0) is 4.79 Å². The Balaban J connectivity index is 2.83. The van der Waals surface area contributed by atoms with Crippen molar-refractivity contribution < 1.29 is 9.90 Å². The molecule has 76 valence electrons. The minimum atomic E-state index is -0.799. The molecule has 0 aliphatic carbocycles. The van der Waals surface area contributed by atoms with Crippen LogP contribution >= 0.6 is 0 Å². The topological polar surface area (TPSA) is 53.4 Å². The van der Waals surface area contributed by atoms with Gasteiger partial charge in [-0.25, -0.2) is 0 Å². The van der Waals surface area contributed by atoms with E-state index in [0.717, 1.165) is 5.56 Å². The molecular formula is C10H14N2O2. The smallest absolute Gasteiger partial charge is 0.305 e. The second-order valence-electron chi connectivity index (χ2n) is 3.36. The summed E-state index contributed by atoms with van der Waals surface area (Å²) in [6.45, 7) is 0. The van der Waals surface area contributed by atoms with Crippen LogP contribution in [0.1, 0.15) is 18.0 Å². The summed E-state index contributed by atoms with van der Waals surface area (Å²) < 4.78 is 0. The summed E-state index contributed by atoms with van der Waals surface area (Å²) in [6.07, 6.45) is 3.48. The quantitative estimate of drug-likeness (QED) is 0.781. The van der Waals surface area contributed by atoms with Crippen molar-refractivity contribution in [2.24, 2.45) is 0 Å². The van der Waals surface area contributed by atoms with Gasteiger partial charge in [-0.1, -0.05) is 6.07 Å². The molecule has 1 heterocycles. The molecule has 0 aliphatic rings. The monoisotopic (exact) mass is 194 g/mol. The molecule has 0 aliphatic heterocycles. The fourth-order valence-electron chi connectivity index (χ4n) is 1.34. The van der Waals surface area contributed by atoms with Crippen LogP contribution in [-0.4, -0.2) is 35.1 Å². The number of rotatable bonds is 4. The Morgan fingerprint density at radius 1 is 1.64 bits per heavy atom. The van der Waals surface area contributed by atoms with E-state index in [-0.39, 0.29) is 12.5 Å². The minimum absolute atomic E-state index is 0.0959. The van der Waals surface area contributed by atoms with E-state index in [0.29, 0.717) is 0 Å². The molecule has 4 heteroatoms. The summed E-state index contributed by atoms with van der Waals surface area (Å²) in [5.41, 5.74) is 0.930. The molecule has 1 aromatic rings. The maximum atomic E-state index is 10.6. The SMILES string of the molecule is CN(C)C(CC(=O)O)c1cccnc1. The number of carbonyl (C=O) groups is 1. The standard InChI is InChI=1S/C10H14N2O2/c1-12(2)9(6-10(13)14)8-4-3-5-11-7-8/h3-5,7,9H,6H2,1-2H3,(H,13,14). The lowest BCUT2D eigenvalue weighted by Gasteiger charge is -2.22. The van der Waals surface area contributed by atoms with Crippen LogP contribution in [0.5, 0.6) is 0 Å². The highest BCUT2D eigenvalue weighted by atomic mass is 16.4. The molecule has 0 aromatic carbocycles. The number of hydrogen-bond acceptors (Lipinski definition) is 3. The molecule has 1 atom stereocenters. The van der Waals surface area contributed by atoms with Gasteiger partial charge in [0, 0.05) is 18.4 Å². The molecule has 0 bridgehead atoms. The lowest BCUT2D eigenvalue weighted by atomic mass is 10.1. The van der Waals surface area contributed by atoms with Crippen LogP contribution in [0, 0.1) is 0 Å². The van der Waals surface area contributed by atoms with Crippen LogP contribution in [0.15, 0.2) is 24.5 Å². The van der Waals surface area contributed by atoms with Gasteiger partial charge in [0.15, 0.2) is 0 Å². The van der Waals surface area contributed by atoms with Crippen molar-refractivity contribution in [2.45, 2.75) is 12.5 Å². The van der Waals surface area contributed by atoms with E-state index in [9.17, 15) is 4.79 Å². The highest BCUT2D eigenvalue weighted by Gasteiger charge is 2.17. The molecule has 0 radical (unpaired) electrons. The van der Waals surface area contributed by atoms with Crippen molar-refractivity contribution in [3.05, 3.63) is 30.1 Å². The van der Waals surface area contributed by atoms with Gasteiger partial charge in [-0.2, -0.15) is 0 Å². The summed E-state index contributed by atoms with van der Waals surface area (Å²) in [5, 5.41) is 8.75. The van der Waals surface area contributed by atoms with E-state index in [4.69, 9.17) is 5.11 Å². The highest BCUT2D eigenvalue weighted by molar-refractivity contribution is 5.67. The molecule has 1 rings (SSSR count). The van der Waals surface area contributed by atoms with Crippen LogP contribution in [0.4, 0.5) is 0 Å². The number of carboxylic acids is 1. The Morgan fingerprint density at radius 3 is 2.79 bits per heavy atom. The Hall–Kier alpha value is -1.42. The van der Waals surface area contributed by atoms with Gasteiger partial charge in [-0.15, -0.1) is 0 Å². The number of hydrogen-bond donors (Lipinski definition) is 1. The average Bonchev–Trinajstić information content (AvgIpc) is 2.15. The van der Waals surface area contributed by atoms with Gasteiger partial charge >= 0.3 is 5.97 Å². The van der Waals surface area contributed by atoms with Gasteiger partial charge in [0.25, 0.3) is 0 Å². The largest absolute Gasteiger partial charge is 0.481 e. The fourth-order valence-corrected chi connectivity index (χ4v) is 1.34. The van der Waals surface area contributed by atoms with Gasteiger partial charge in [-0.05, 0) is 25.7 Å². The van der Waals surface area contributed by atoms with Crippen LogP contribution in [0.25, 0.3) is 0 Å². The lowest BCUT2D eigenvalue weighted by molar-refractivity contribution is -0.138. The predicted molar refractivity (Wildman–Crippen MR) is 52.9 cm³/mol. The van der Waals surface area contributed by atoms with Crippen molar-refractivity contribution in [1.82, 2.24) is 9.88 Å². The molecule has 1 unspecified atom stereocenters. The van der Waals surface area contributed by atoms with Gasteiger partial charge in [-0.3, -0.25) is 9.78 Å². The van der Waals surface area contributed by atoms with Crippen molar-refractivity contribution in [3.63, 3.8) is 0 Å². The molecule has 1 N–H and O–H groups in total. The third-order valence-corrected chi connectivity index (χ3v) is 2.06. The molecule has 14 heavy (non-hydrogen) atoms. The van der Waals surface area contributed by atoms with Crippen molar-refractivity contribution in [3.8, 4) is 0 Å². The maximum absolute atomic E-state index is 10.6. The highest BCUT2D eigenvalue weighted by Crippen LogP contribution is 2.20. The third kappa shape index (κ3) is 2.81. The summed E-state index contributed by atoms with van der Waals surface area (Å²) in [6, 6.07) is 3.59. The maximum Gasteiger partial charge on any atom is 0.305 e. The zero-order valence-corrected chi connectivity index (χ0v) is 8.34. The molecule has 1 aromatic heterocycles. The van der Waals surface area contributed by atoms with E-state index < -0.39 is 5.97 Å². The van der Waals surface area contributed by atoms with Crippen molar-refractivity contribution >= 4 is 5.97 Å². The number of nitrogens with zero attached hydrogens (tertiary/aromatic N) is 2. The molecular weight excluding hydrogens is 180 g/mol. The van der Waals surface area contributed by atoms with Crippen LogP contribution in [0.3, 0.4) is 0 Å². The Bertz CT molecular complexity index is 298. The summed E-state index contributed by atoms with van der Waals surface area (Å²) in [4.78, 5) is 16.5. The van der Waals surface area contributed by atoms with E-state index in [1.807, 2.05) is 31.1 Å². The average molecular weight is 194 g/mol. The fraction of sp³-hybridized carbons (Fsp3) is 0.400. The van der Waals surface area contributed by atoms with Gasteiger partial charge < -0.3 is 10.0 Å². The predicted octanol–water partition coefficient (Wildman–Crippen LogP) is 1.16. The summed E-state index contributed by atoms with van der Waals surface area (Å²) in [7, 11) is 3.72. The number of aromatic nitrogens is 1. The molecule has 0 saturated carbocycles. The zero-order chi connectivity index (χ0) is 10.6. The van der Waals surface area contributed by atoms with Crippen LogP contribution < -0.4 is 0 Å². The number of carboxylic acid groups (broad SMARTS) is 1. The second-order valence-corrected chi connectivity index (χ2v) is 3.36. The zero-order valence-electron chi connectivity index (χ0n) is 8.34. The first-order chi connectivity index (χ1) is 6.61. The molecule has 4 nitrogen and oxygen atoms in total. The van der Waals surface area contributed by atoms with Gasteiger partial charge in [0.05, 0.1) is 6.42 Å². The van der Waals surface area contributed by atoms with Crippen molar-refractivity contribution in [2.75, 3.05) is 14.1 Å². The number of pyridine rings is 1. The minimum Gasteiger partial charge on any atom is -0.481 e. The Kier molecular flexibility index (Phi) is 3.59. The lowest BCUT2D eigenvalue weighted by Crippen LogP contribution is -2.22. The Labute approximate surface area is 83.2 Å². The van der Waals surface area contributed by atoms with E-state index in [2.05, 4.69) is 4.98 Å². The first-order valence-corrected chi connectivity index (χ1v) is 4.39. The Morgan fingerprint density at radius 2 is 2.36 bits per heavy atom. The van der Waals surface area contributed by atoms with E-state index in [1.165, 1.54) is 0 Å². The summed E-state index contributed by atoms with van der Waals surface area (Å²) >= 11 is 0. The van der Waals surface area contributed by atoms with E-state index >= 15 is 0 Å². The third-order valence-electron chi connectivity index (χ3n) is 2.06. The first kappa shape index (κ1) is 10.7. The molecule has 0 fully saturated rings. The second kappa shape index (κ2) is 4.72. The summed E-state index contributed by atoms with van der Waals surface area (Å²) in [5.74, 6) is -0.799. The van der Waals surface area contributed by atoms with Gasteiger partial charge in [0.1, 0.15) is 0 Å². The van der Waals surface area contributed by atoms with Gasteiger partial charge in [0.2, 0.25) is 0 Å². The number of aliphatic carboxylic acids is 1. The molecule has 0 spiro atoms. The van der Waals surface area contributed by atoms with Crippen LogP contribution in [0.2, 0.25) is 0 Å². The first-order valence-electron chi connectivity index (χ1n) is 4.39. The molecule has 0 amide bonds. The molecule has 0 saturated heterocycles. The normalized spacial score (nSPS) is 12.8. The van der Waals surface area contributed by atoms with Crippen molar-refractivity contribution in [1.29, 1.82) is 0 Å². The van der Waals surface area contributed by atoms with E-state index in [1.54, 1.807) is 12.4 Å².